The van der Waals surface area contributed by atoms with Gasteiger partial charge in [0.05, 0.1) is 9.88 Å². The number of anilines is 1. The number of amides is 2. The van der Waals surface area contributed by atoms with Crippen LogP contribution in [-0.4, -0.2) is 28.9 Å². The number of hydrogen-bond donors (Lipinski definition) is 3. The van der Waals surface area contributed by atoms with Gasteiger partial charge >= 0.3 is 5.97 Å². The third kappa shape index (κ3) is 4.70. The molecule has 0 spiro atoms. The highest BCUT2D eigenvalue weighted by molar-refractivity contribution is 7.18. The second-order valence-electron chi connectivity index (χ2n) is 4.00. The van der Waals surface area contributed by atoms with E-state index in [1.54, 1.807) is 12.1 Å². The molecule has 0 aliphatic rings. The van der Waals surface area contributed by atoms with Crippen LogP contribution in [0.1, 0.15) is 36.4 Å². The van der Waals surface area contributed by atoms with Gasteiger partial charge in [-0.25, -0.2) is 4.79 Å². The Morgan fingerprint density at radius 1 is 1.37 bits per heavy atom. The molecule has 0 radical (unpaired) electrons. The molecule has 0 unspecified atom stereocenters. The van der Waals surface area contributed by atoms with Gasteiger partial charge in [0.25, 0.3) is 5.91 Å². The Morgan fingerprint density at radius 3 is 2.58 bits per heavy atom. The number of thiophene rings is 1. The van der Waals surface area contributed by atoms with E-state index in [0.717, 1.165) is 11.3 Å². The van der Waals surface area contributed by atoms with Crippen molar-refractivity contribution in [3.8, 4) is 0 Å². The van der Waals surface area contributed by atoms with Gasteiger partial charge in [0.15, 0.2) is 0 Å². The summed E-state index contributed by atoms with van der Waals surface area (Å²) in [6.45, 7) is 3.23. The summed E-state index contributed by atoms with van der Waals surface area (Å²) in [5.74, 6) is -1.71. The van der Waals surface area contributed by atoms with Crippen LogP contribution in [-0.2, 0) is 9.59 Å². The van der Waals surface area contributed by atoms with E-state index in [0.29, 0.717) is 22.7 Å². The summed E-state index contributed by atoms with van der Waals surface area (Å²) in [5.41, 5.74) is 0. The minimum absolute atomic E-state index is 0.219. The quantitative estimate of drug-likeness (QED) is 0.740. The Morgan fingerprint density at radius 2 is 2.05 bits per heavy atom. The monoisotopic (exact) mass is 284 g/mol. The molecule has 0 fully saturated rings. The van der Waals surface area contributed by atoms with E-state index in [9.17, 15) is 14.4 Å². The number of rotatable bonds is 6. The zero-order valence-electron chi connectivity index (χ0n) is 10.7. The van der Waals surface area contributed by atoms with Crippen molar-refractivity contribution in [2.24, 2.45) is 0 Å². The molecule has 6 nitrogen and oxygen atoms in total. The molecule has 0 bridgehead atoms. The first-order chi connectivity index (χ1) is 8.93. The summed E-state index contributed by atoms with van der Waals surface area (Å²) in [4.78, 5) is 34.0. The maximum absolute atomic E-state index is 11.9. The highest BCUT2D eigenvalue weighted by atomic mass is 32.1. The number of hydrogen-bond acceptors (Lipinski definition) is 4. The minimum Gasteiger partial charge on any atom is -0.480 e. The maximum atomic E-state index is 11.9. The Kier molecular flexibility index (Phi) is 5.50. The molecule has 0 aliphatic carbocycles. The van der Waals surface area contributed by atoms with Crippen LogP contribution < -0.4 is 10.6 Å². The van der Waals surface area contributed by atoms with E-state index >= 15 is 0 Å². The number of carboxylic acids is 1. The zero-order valence-corrected chi connectivity index (χ0v) is 11.5. The molecule has 1 aromatic rings. The van der Waals surface area contributed by atoms with Crippen molar-refractivity contribution in [1.29, 1.82) is 0 Å². The highest BCUT2D eigenvalue weighted by Crippen LogP contribution is 2.21. The van der Waals surface area contributed by atoms with Gasteiger partial charge in [-0.3, -0.25) is 9.59 Å². The number of aliphatic carboxylic acids is 1. The summed E-state index contributed by atoms with van der Waals surface area (Å²) in [7, 11) is 0. The lowest BCUT2D eigenvalue weighted by molar-refractivity contribution is -0.139. The molecule has 1 heterocycles. The fourth-order valence-corrected chi connectivity index (χ4v) is 2.33. The molecule has 19 heavy (non-hydrogen) atoms. The van der Waals surface area contributed by atoms with Crippen molar-refractivity contribution < 1.29 is 19.5 Å². The largest absolute Gasteiger partial charge is 0.480 e. The van der Waals surface area contributed by atoms with Gasteiger partial charge in [0.1, 0.15) is 6.04 Å². The summed E-state index contributed by atoms with van der Waals surface area (Å²) in [6, 6.07) is 2.27. The summed E-state index contributed by atoms with van der Waals surface area (Å²) < 4.78 is 0. The van der Waals surface area contributed by atoms with Crippen LogP contribution in [0.25, 0.3) is 0 Å². The summed E-state index contributed by atoms with van der Waals surface area (Å²) in [5, 5.41) is 14.5. The second kappa shape index (κ2) is 6.89. The number of carboxylic acid groups (broad SMARTS) is 1. The lowest BCUT2D eigenvalue weighted by Crippen LogP contribution is -2.40. The van der Waals surface area contributed by atoms with Gasteiger partial charge in [-0.2, -0.15) is 0 Å². The van der Waals surface area contributed by atoms with Crippen molar-refractivity contribution in [3.63, 3.8) is 0 Å². The number of carbonyl (C=O) groups is 3. The maximum Gasteiger partial charge on any atom is 0.326 e. The van der Waals surface area contributed by atoms with Crippen molar-refractivity contribution in [2.75, 3.05) is 5.32 Å². The van der Waals surface area contributed by atoms with Crippen LogP contribution in [0.4, 0.5) is 5.00 Å². The molecule has 1 aromatic heterocycles. The SMILES string of the molecule is CCC[C@H](NC(=O)c1ccc(NC(C)=O)s1)C(=O)O. The van der Waals surface area contributed by atoms with Crippen molar-refractivity contribution >= 4 is 34.1 Å². The molecule has 104 valence electrons. The van der Waals surface area contributed by atoms with E-state index in [4.69, 9.17) is 5.11 Å². The van der Waals surface area contributed by atoms with E-state index in [1.165, 1.54) is 6.92 Å². The molecule has 7 heteroatoms. The zero-order chi connectivity index (χ0) is 14.4. The van der Waals surface area contributed by atoms with Crippen LogP contribution >= 0.6 is 11.3 Å². The van der Waals surface area contributed by atoms with Gasteiger partial charge < -0.3 is 15.7 Å². The van der Waals surface area contributed by atoms with Gasteiger partial charge in [0.2, 0.25) is 5.91 Å². The molecule has 3 N–H and O–H groups in total. The average Bonchev–Trinajstić information content (AvgIpc) is 2.75. The fraction of sp³-hybridized carbons (Fsp3) is 0.417. The molecule has 0 aromatic carbocycles. The van der Waals surface area contributed by atoms with Crippen molar-refractivity contribution in [2.45, 2.75) is 32.7 Å². The Balaban J connectivity index is 2.69. The fourth-order valence-electron chi connectivity index (χ4n) is 1.48. The molecule has 0 saturated carbocycles. The third-order valence-corrected chi connectivity index (χ3v) is 3.31. The Hall–Kier alpha value is -1.89. The average molecular weight is 284 g/mol. The van der Waals surface area contributed by atoms with Gasteiger partial charge in [-0.05, 0) is 18.6 Å². The van der Waals surface area contributed by atoms with E-state index < -0.39 is 17.9 Å². The summed E-state index contributed by atoms with van der Waals surface area (Å²) >= 11 is 1.10. The molecule has 0 aliphatic heterocycles. The number of nitrogens with one attached hydrogen (secondary N) is 2. The lowest BCUT2D eigenvalue weighted by atomic mass is 10.1. The molecule has 0 saturated heterocycles. The second-order valence-corrected chi connectivity index (χ2v) is 5.08. The first kappa shape index (κ1) is 15.2. The Labute approximate surface area is 114 Å². The van der Waals surface area contributed by atoms with Gasteiger partial charge in [-0.15, -0.1) is 11.3 Å². The van der Waals surface area contributed by atoms with Crippen molar-refractivity contribution in [1.82, 2.24) is 5.32 Å². The van der Waals surface area contributed by atoms with E-state index in [-0.39, 0.29) is 5.91 Å². The first-order valence-corrected chi connectivity index (χ1v) is 6.66. The predicted octanol–water partition coefficient (Wildman–Crippen LogP) is 1.69. The van der Waals surface area contributed by atoms with E-state index in [1.807, 2.05) is 6.92 Å². The minimum atomic E-state index is -1.05. The van der Waals surface area contributed by atoms with Crippen LogP contribution in [0.2, 0.25) is 0 Å². The molecule has 2 amide bonds. The first-order valence-electron chi connectivity index (χ1n) is 5.85. The van der Waals surface area contributed by atoms with Crippen LogP contribution in [0.3, 0.4) is 0 Å². The lowest BCUT2D eigenvalue weighted by Gasteiger charge is -2.12. The normalized spacial score (nSPS) is 11.7. The molecule has 1 atom stereocenters. The van der Waals surface area contributed by atoms with Crippen molar-refractivity contribution in [3.05, 3.63) is 17.0 Å². The van der Waals surface area contributed by atoms with E-state index in [2.05, 4.69) is 10.6 Å². The van der Waals surface area contributed by atoms with Gasteiger partial charge in [-0.1, -0.05) is 13.3 Å². The molecular formula is C12H16N2O4S. The summed E-state index contributed by atoms with van der Waals surface area (Å²) in [6.07, 6.45) is 1.05. The molecular weight excluding hydrogens is 268 g/mol. The third-order valence-electron chi connectivity index (χ3n) is 2.31. The van der Waals surface area contributed by atoms with Crippen LogP contribution in [0, 0.1) is 0 Å². The molecule has 1 rings (SSSR count). The number of carbonyl (C=O) groups excluding carboxylic acids is 2. The topological polar surface area (TPSA) is 95.5 Å². The Bertz CT molecular complexity index is 484. The van der Waals surface area contributed by atoms with Gasteiger partial charge in [0, 0.05) is 6.92 Å². The highest BCUT2D eigenvalue weighted by Gasteiger charge is 2.20. The van der Waals surface area contributed by atoms with Crippen LogP contribution in [0.5, 0.6) is 0 Å². The van der Waals surface area contributed by atoms with Crippen LogP contribution in [0.15, 0.2) is 12.1 Å². The smallest absolute Gasteiger partial charge is 0.326 e. The predicted molar refractivity (Wildman–Crippen MR) is 72.4 cm³/mol. The standard InChI is InChI=1S/C12H16N2O4S/c1-3-4-8(12(17)18)14-11(16)9-5-6-10(19-9)13-7(2)15/h5-6,8H,3-4H2,1-2H3,(H,13,15)(H,14,16)(H,17,18)/t8-/m0/s1.